The number of nitrogens with zero attached hydrogens (tertiary/aromatic N) is 3. The third-order valence-electron chi connectivity index (χ3n) is 3.76. The second-order valence-electron chi connectivity index (χ2n) is 5.46. The van der Waals surface area contributed by atoms with Crippen molar-refractivity contribution in [3.8, 4) is 0 Å². The van der Waals surface area contributed by atoms with Crippen molar-refractivity contribution in [2.24, 2.45) is 12.8 Å². The SMILES string of the molecule is CCC(N)Cc1ccc(Br)cc1N(C)Cc1nccn1C. The van der Waals surface area contributed by atoms with Gasteiger partial charge in [0.05, 0.1) is 6.54 Å². The highest BCUT2D eigenvalue weighted by Crippen LogP contribution is 2.26. The smallest absolute Gasteiger partial charge is 0.127 e. The fourth-order valence-corrected chi connectivity index (χ4v) is 2.69. The molecule has 114 valence electrons. The van der Waals surface area contributed by atoms with E-state index in [-0.39, 0.29) is 6.04 Å². The molecular formula is C16H23BrN4. The zero-order valence-electron chi connectivity index (χ0n) is 12.9. The van der Waals surface area contributed by atoms with Crippen molar-refractivity contribution in [3.05, 3.63) is 46.5 Å². The van der Waals surface area contributed by atoms with E-state index < -0.39 is 0 Å². The number of imidazole rings is 1. The van der Waals surface area contributed by atoms with Crippen LogP contribution < -0.4 is 10.6 Å². The van der Waals surface area contributed by atoms with Gasteiger partial charge in [-0.05, 0) is 30.5 Å². The van der Waals surface area contributed by atoms with Gasteiger partial charge in [-0.25, -0.2) is 4.98 Å². The number of halogens is 1. The molecule has 5 heteroatoms. The van der Waals surface area contributed by atoms with Gasteiger partial charge in [0.2, 0.25) is 0 Å². The van der Waals surface area contributed by atoms with Crippen molar-refractivity contribution in [3.63, 3.8) is 0 Å². The molecule has 0 aliphatic rings. The van der Waals surface area contributed by atoms with Crippen molar-refractivity contribution < 1.29 is 0 Å². The van der Waals surface area contributed by atoms with Crippen molar-refractivity contribution in [2.45, 2.75) is 32.4 Å². The Balaban J connectivity index is 2.24. The van der Waals surface area contributed by atoms with Crippen LogP contribution >= 0.6 is 15.9 Å². The van der Waals surface area contributed by atoms with Gasteiger partial charge in [-0.2, -0.15) is 0 Å². The number of hydrogen-bond donors (Lipinski definition) is 1. The summed E-state index contributed by atoms with van der Waals surface area (Å²) in [4.78, 5) is 6.62. The second kappa shape index (κ2) is 7.09. The summed E-state index contributed by atoms with van der Waals surface area (Å²) >= 11 is 3.56. The predicted molar refractivity (Wildman–Crippen MR) is 91.4 cm³/mol. The first-order valence-corrected chi connectivity index (χ1v) is 8.02. The van der Waals surface area contributed by atoms with Crippen LogP contribution in [0.2, 0.25) is 0 Å². The Kier molecular flexibility index (Phi) is 5.42. The van der Waals surface area contributed by atoms with Gasteiger partial charge >= 0.3 is 0 Å². The van der Waals surface area contributed by atoms with Gasteiger partial charge in [-0.15, -0.1) is 0 Å². The van der Waals surface area contributed by atoms with E-state index in [1.807, 2.05) is 24.0 Å². The first-order valence-electron chi connectivity index (χ1n) is 7.22. The zero-order chi connectivity index (χ0) is 15.4. The summed E-state index contributed by atoms with van der Waals surface area (Å²) in [6.07, 6.45) is 5.68. The Labute approximate surface area is 135 Å². The molecule has 1 aromatic heterocycles. The topological polar surface area (TPSA) is 47.1 Å². The highest BCUT2D eigenvalue weighted by atomic mass is 79.9. The van der Waals surface area contributed by atoms with Crippen LogP contribution in [0.15, 0.2) is 35.1 Å². The van der Waals surface area contributed by atoms with Crippen LogP contribution in [0, 0.1) is 0 Å². The Morgan fingerprint density at radius 3 is 2.81 bits per heavy atom. The summed E-state index contributed by atoms with van der Waals surface area (Å²) in [7, 11) is 4.11. The normalized spacial score (nSPS) is 12.4. The first-order chi connectivity index (χ1) is 10.0. The second-order valence-corrected chi connectivity index (χ2v) is 6.37. The lowest BCUT2D eigenvalue weighted by atomic mass is 10.0. The minimum atomic E-state index is 0.200. The molecule has 2 rings (SSSR count). The zero-order valence-corrected chi connectivity index (χ0v) is 14.5. The van der Waals surface area contributed by atoms with E-state index in [2.05, 4.69) is 58.0 Å². The lowest BCUT2D eigenvalue weighted by Gasteiger charge is -2.24. The molecule has 0 bridgehead atoms. The molecule has 0 spiro atoms. The highest BCUT2D eigenvalue weighted by Gasteiger charge is 2.13. The molecule has 1 heterocycles. The standard InChI is InChI=1S/C16H23BrN4/c1-4-14(18)9-12-5-6-13(17)10-15(12)21(3)11-16-19-7-8-20(16)2/h5-8,10,14H,4,9,11,18H2,1-3H3. The molecule has 2 N–H and O–H groups in total. The van der Waals surface area contributed by atoms with Gasteiger partial charge < -0.3 is 15.2 Å². The van der Waals surface area contributed by atoms with Gasteiger partial charge in [0.1, 0.15) is 5.82 Å². The van der Waals surface area contributed by atoms with E-state index in [4.69, 9.17) is 5.73 Å². The number of nitrogens with two attached hydrogens (primary N) is 1. The summed E-state index contributed by atoms with van der Waals surface area (Å²) in [5, 5.41) is 0. The third kappa shape index (κ3) is 4.08. The van der Waals surface area contributed by atoms with Crippen molar-refractivity contribution in [1.29, 1.82) is 0 Å². The average molecular weight is 351 g/mol. The monoisotopic (exact) mass is 350 g/mol. The molecule has 0 aliphatic carbocycles. The summed E-state index contributed by atoms with van der Waals surface area (Å²) in [6, 6.07) is 6.59. The lowest BCUT2D eigenvalue weighted by molar-refractivity contribution is 0.644. The van der Waals surface area contributed by atoms with E-state index in [9.17, 15) is 0 Å². The van der Waals surface area contributed by atoms with Crippen LogP contribution in [0.1, 0.15) is 24.7 Å². The molecule has 21 heavy (non-hydrogen) atoms. The lowest BCUT2D eigenvalue weighted by Crippen LogP contribution is -2.25. The fourth-order valence-electron chi connectivity index (χ4n) is 2.34. The minimum Gasteiger partial charge on any atom is -0.367 e. The molecule has 0 radical (unpaired) electrons. The van der Waals surface area contributed by atoms with Gasteiger partial charge in [0.25, 0.3) is 0 Å². The van der Waals surface area contributed by atoms with E-state index in [0.717, 1.165) is 29.7 Å². The minimum absolute atomic E-state index is 0.200. The van der Waals surface area contributed by atoms with Crippen molar-refractivity contribution >= 4 is 21.6 Å². The van der Waals surface area contributed by atoms with E-state index in [0.29, 0.717) is 0 Å². The number of hydrogen-bond acceptors (Lipinski definition) is 3. The van der Waals surface area contributed by atoms with Crippen molar-refractivity contribution in [2.75, 3.05) is 11.9 Å². The molecule has 0 saturated carbocycles. The van der Waals surface area contributed by atoms with Crippen LogP contribution in [0.25, 0.3) is 0 Å². The molecule has 4 nitrogen and oxygen atoms in total. The molecule has 0 fully saturated rings. The van der Waals surface area contributed by atoms with Gasteiger partial charge in [0.15, 0.2) is 0 Å². The molecule has 1 aromatic carbocycles. The van der Waals surface area contributed by atoms with Crippen LogP contribution in [0.3, 0.4) is 0 Å². The summed E-state index contributed by atoms with van der Waals surface area (Å²) < 4.78 is 3.13. The number of anilines is 1. The number of aryl methyl sites for hydroxylation is 1. The van der Waals surface area contributed by atoms with Gasteiger partial charge in [-0.1, -0.05) is 28.9 Å². The maximum atomic E-state index is 6.13. The van der Waals surface area contributed by atoms with Gasteiger partial charge in [0, 0.05) is 42.7 Å². The van der Waals surface area contributed by atoms with E-state index in [1.54, 1.807) is 0 Å². The third-order valence-corrected chi connectivity index (χ3v) is 4.26. The molecule has 0 saturated heterocycles. The number of rotatable bonds is 6. The summed E-state index contributed by atoms with van der Waals surface area (Å²) in [6.45, 7) is 2.90. The highest BCUT2D eigenvalue weighted by molar-refractivity contribution is 9.10. The summed E-state index contributed by atoms with van der Waals surface area (Å²) in [5.74, 6) is 1.04. The Hall–Kier alpha value is -1.33. The Morgan fingerprint density at radius 1 is 1.43 bits per heavy atom. The average Bonchev–Trinajstić information content (AvgIpc) is 2.86. The van der Waals surface area contributed by atoms with E-state index >= 15 is 0 Å². The first kappa shape index (κ1) is 16.0. The molecule has 2 aromatic rings. The van der Waals surface area contributed by atoms with Crippen LogP contribution in [-0.4, -0.2) is 22.6 Å². The molecular weight excluding hydrogens is 328 g/mol. The number of benzene rings is 1. The van der Waals surface area contributed by atoms with E-state index in [1.165, 1.54) is 11.3 Å². The van der Waals surface area contributed by atoms with Crippen LogP contribution in [0.5, 0.6) is 0 Å². The largest absolute Gasteiger partial charge is 0.367 e. The predicted octanol–water partition coefficient (Wildman–Crippen LogP) is 3.10. The van der Waals surface area contributed by atoms with Crippen LogP contribution in [-0.2, 0) is 20.0 Å². The maximum absolute atomic E-state index is 6.13. The quantitative estimate of drug-likeness (QED) is 0.870. The fraction of sp³-hybridized carbons (Fsp3) is 0.438. The maximum Gasteiger partial charge on any atom is 0.127 e. The van der Waals surface area contributed by atoms with Crippen LogP contribution in [0.4, 0.5) is 5.69 Å². The van der Waals surface area contributed by atoms with Crippen molar-refractivity contribution in [1.82, 2.24) is 9.55 Å². The molecule has 1 unspecified atom stereocenters. The Morgan fingerprint density at radius 2 is 2.19 bits per heavy atom. The number of aromatic nitrogens is 2. The molecule has 1 atom stereocenters. The van der Waals surface area contributed by atoms with Gasteiger partial charge in [-0.3, -0.25) is 0 Å². The molecule has 0 amide bonds. The Bertz CT molecular complexity index is 594. The molecule has 0 aliphatic heterocycles. The summed E-state index contributed by atoms with van der Waals surface area (Å²) in [5.41, 5.74) is 8.61.